The lowest BCUT2D eigenvalue weighted by Crippen LogP contribution is -2.30. The molecule has 0 unspecified atom stereocenters. The Hall–Kier alpha value is -1.12. The largest absolute Gasteiger partial charge is 0.293 e. The maximum atomic E-state index is 11.9. The zero-order valence-corrected chi connectivity index (χ0v) is 8.29. The minimum atomic E-state index is -0.198. The number of fused-ring (bicyclic) bond motifs is 1. The van der Waals surface area contributed by atoms with Gasteiger partial charge in [-0.2, -0.15) is 5.10 Å². The second kappa shape index (κ2) is 2.44. The van der Waals surface area contributed by atoms with Crippen molar-refractivity contribution < 1.29 is 4.79 Å². The van der Waals surface area contributed by atoms with Crippen LogP contribution < -0.4 is 0 Å². The minimum Gasteiger partial charge on any atom is -0.293 e. The molecule has 0 saturated carbocycles. The highest BCUT2D eigenvalue weighted by Gasteiger charge is 2.35. The summed E-state index contributed by atoms with van der Waals surface area (Å²) in [5.41, 5.74) is 1.71. The van der Waals surface area contributed by atoms with Gasteiger partial charge in [-0.25, -0.2) is 0 Å². The second-order valence-electron chi connectivity index (χ2n) is 4.34. The van der Waals surface area contributed by atoms with E-state index in [0.717, 1.165) is 24.1 Å². The molecular weight excluding hydrogens is 164 g/mol. The first kappa shape index (κ1) is 8.48. The van der Waals surface area contributed by atoms with E-state index >= 15 is 0 Å². The summed E-state index contributed by atoms with van der Waals surface area (Å²) in [5.74, 6) is 0.238. The highest BCUT2D eigenvalue weighted by Crippen LogP contribution is 2.33. The fourth-order valence-corrected chi connectivity index (χ4v) is 1.86. The van der Waals surface area contributed by atoms with Crippen LogP contribution in [0.5, 0.6) is 0 Å². The zero-order chi connectivity index (χ0) is 9.64. The van der Waals surface area contributed by atoms with Crippen LogP contribution in [0.1, 0.15) is 36.3 Å². The molecular formula is C10H14N2O. The molecule has 0 radical (unpaired) electrons. The van der Waals surface area contributed by atoms with Crippen molar-refractivity contribution in [3.8, 4) is 0 Å². The Bertz CT molecular complexity index is 363. The van der Waals surface area contributed by atoms with Gasteiger partial charge in [0.05, 0.1) is 11.8 Å². The lowest BCUT2D eigenvalue weighted by atomic mass is 9.75. The van der Waals surface area contributed by atoms with Crippen molar-refractivity contribution in [1.29, 1.82) is 0 Å². The topological polar surface area (TPSA) is 34.9 Å². The molecule has 0 saturated heterocycles. The van der Waals surface area contributed by atoms with Gasteiger partial charge in [-0.3, -0.25) is 9.48 Å². The average molecular weight is 178 g/mol. The van der Waals surface area contributed by atoms with Crippen molar-refractivity contribution in [3.05, 3.63) is 17.5 Å². The van der Waals surface area contributed by atoms with Crippen LogP contribution in [0.25, 0.3) is 0 Å². The van der Waals surface area contributed by atoms with E-state index in [-0.39, 0.29) is 11.2 Å². The van der Waals surface area contributed by atoms with Gasteiger partial charge in [-0.1, -0.05) is 13.8 Å². The number of aryl methyl sites for hydroxylation is 1. The first-order valence-corrected chi connectivity index (χ1v) is 4.58. The predicted octanol–water partition coefficient (Wildman–Crippen LogP) is 1.58. The van der Waals surface area contributed by atoms with Crippen LogP contribution in [0.15, 0.2) is 6.20 Å². The summed E-state index contributed by atoms with van der Waals surface area (Å²) >= 11 is 0. The summed E-state index contributed by atoms with van der Waals surface area (Å²) in [6.45, 7) is 4.01. The van der Waals surface area contributed by atoms with E-state index in [9.17, 15) is 4.79 Å². The second-order valence-corrected chi connectivity index (χ2v) is 4.34. The van der Waals surface area contributed by atoms with Gasteiger partial charge in [0.15, 0.2) is 5.78 Å². The molecule has 0 aliphatic heterocycles. The number of rotatable bonds is 0. The van der Waals surface area contributed by atoms with E-state index in [1.807, 2.05) is 25.6 Å². The standard InChI is InChI=1S/C10H14N2O/c1-10(2)5-4-8-7(9(10)13)6-11-12(8)3/h6H,4-5H2,1-3H3. The van der Waals surface area contributed by atoms with Crippen molar-refractivity contribution >= 4 is 5.78 Å². The third-order valence-electron chi connectivity index (χ3n) is 2.91. The Balaban J connectivity index is 2.53. The number of aromatic nitrogens is 2. The van der Waals surface area contributed by atoms with E-state index in [4.69, 9.17) is 0 Å². The summed E-state index contributed by atoms with van der Waals surface area (Å²) in [4.78, 5) is 11.9. The Morgan fingerprint density at radius 2 is 2.23 bits per heavy atom. The van der Waals surface area contributed by atoms with Crippen molar-refractivity contribution in [2.24, 2.45) is 12.5 Å². The monoisotopic (exact) mass is 178 g/mol. The molecule has 2 rings (SSSR count). The number of carbonyl (C=O) groups excluding carboxylic acids is 1. The zero-order valence-electron chi connectivity index (χ0n) is 8.29. The molecule has 0 atom stereocenters. The smallest absolute Gasteiger partial charge is 0.171 e. The number of nitrogens with zero attached hydrogens (tertiary/aromatic N) is 2. The van der Waals surface area contributed by atoms with Crippen LogP contribution in [-0.4, -0.2) is 15.6 Å². The van der Waals surface area contributed by atoms with Gasteiger partial charge in [0.1, 0.15) is 0 Å². The molecule has 70 valence electrons. The fraction of sp³-hybridized carbons (Fsp3) is 0.600. The Morgan fingerprint density at radius 3 is 2.92 bits per heavy atom. The van der Waals surface area contributed by atoms with Gasteiger partial charge in [0.2, 0.25) is 0 Å². The Labute approximate surface area is 77.7 Å². The molecule has 1 aromatic heterocycles. The van der Waals surface area contributed by atoms with Crippen molar-refractivity contribution in [1.82, 2.24) is 9.78 Å². The van der Waals surface area contributed by atoms with E-state index in [1.165, 1.54) is 0 Å². The van der Waals surface area contributed by atoms with Crippen molar-refractivity contribution in [2.45, 2.75) is 26.7 Å². The van der Waals surface area contributed by atoms with Crippen molar-refractivity contribution in [3.63, 3.8) is 0 Å². The highest BCUT2D eigenvalue weighted by molar-refractivity contribution is 6.01. The van der Waals surface area contributed by atoms with Gasteiger partial charge >= 0.3 is 0 Å². The van der Waals surface area contributed by atoms with E-state index in [1.54, 1.807) is 6.20 Å². The maximum Gasteiger partial charge on any atom is 0.171 e. The molecule has 0 spiro atoms. The molecule has 0 aromatic carbocycles. The quantitative estimate of drug-likeness (QED) is 0.604. The molecule has 1 aliphatic carbocycles. The number of hydrogen-bond acceptors (Lipinski definition) is 2. The predicted molar refractivity (Wildman–Crippen MR) is 49.6 cm³/mol. The van der Waals surface area contributed by atoms with E-state index in [2.05, 4.69) is 5.10 Å². The van der Waals surface area contributed by atoms with E-state index in [0.29, 0.717) is 0 Å². The van der Waals surface area contributed by atoms with Crippen LogP contribution in [0.2, 0.25) is 0 Å². The third-order valence-corrected chi connectivity index (χ3v) is 2.91. The molecule has 3 heteroatoms. The van der Waals surface area contributed by atoms with Gasteiger partial charge in [-0.05, 0) is 12.8 Å². The summed E-state index contributed by atoms with van der Waals surface area (Å²) in [7, 11) is 1.89. The van der Waals surface area contributed by atoms with Crippen LogP contribution in [0.3, 0.4) is 0 Å². The van der Waals surface area contributed by atoms with Crippen LogP contribution in [-0.2, 0) is 13.5 Å². The molecule has 1 heterocycles. The normalized spacial score (nSPS) is 20.1. The van der Waals surface area contributed by atoms with Crippen molar-refractivity contribution in [2.75, 3.05) is 0 Å². The summed E-state index contributed by atoms with van der Waals surface area (Å²) in [5, 5.41) is 4.11. The molecule has 0 N–H and O–H groups in total. The van der Waals surface area contributed by atoms with Gasteiger partial charge < -0.3 is 0 Å². The van der Waals surface area contributed by atoms with Gasteiger partial charge in [-0.15, -0.1) is 0 Å². The first-order chi connectivity index (χ1) is 6.02. The van der Waals surface area contributed by atoms with E-state index < -0.39 is 0 Å². The lowest BCUT2D eigenvalue weighted by Gasteiger charge is -2.27. The Morgan fingerprint density at radius 1 is 1.54 bits per heavy atom. The highest BCUT2D eigenvalue weighted by atomic mass is 16.1. The number of carbonyl (C=O) groups is 1. The lowest BCUT2D eigenvalue weighted by molar-refractivity contribution is 0.0809. The van der Waals surface area contributed by atoms with Crippen LogP contribution in [0, 0.1) is 5.41 Å². The Kier molecular flexibility index (Phi) is 1.59. The number of ketones is 1. The molecule has 1 aliphatic rings. The number of hydrogen-bond donors (Lipinski definition) is 0. The van der Waals surface area contributed by atoms with Gasteiger partial charge in [0.25, 0.3) is 0 Å². The summed E-state index contributed by atoms with van der Waals surface area (Å²) < 4.78 is 1.81. The van der Waals surface area contributed by atoms with Crippen LogP contribution >= 0.6 is 0 Å². The summed E-state index contributed by atoms with van der Waals surface area (Å²) in [6.07, 6.45) is 3.58. The average Bonchev–Trinajstić information content (AvgIpc) is 2.41. The molecule has 3 nitrogen and oxygen atoms in total. The molecule has 0 amide bonds. The van der Waals surface area contributed by atoms with Gasteiger partial charge in [0, 0.05) is 18.2 Å². The fourth-order valence-electron chi connectivity index (χ4n) is 1.86. The van der Waals surface area contributed by atoms with Crippen LogP contribution in [0.4, 0.5) is 0 Å². The minimum absolute atomic E-state index is 0.198. The molecule has 0 fully saturated rings. The first-order valence-electron chi connectivity index (χ1n) is 4.58. The molecule has 1 aromatic rings. The maximum absolute atomic E-state index is 11.9. The SMILES string of the molecule is Cn1ncc2c1CCC(C)(C)C2=O. The molecule has 13 heavy (non-hydrogen) atoms. The summed E-state index contributed by atoms with van der Waals surface area (Å²) in [6, 6.07) is 0. The molecule has 0 bridgehead atoms. The third kappa shape index (κ3) is 1.10. The number of Topliss-reactive ketones (excluding diaryl/α,β-unsaturated/α-hetero) is 1.